The van der Waals surface area contributed by atoms with Gasteiger partial charge in [0, 0.05) is 37.8 Å². The van der Waals surface area contributed by atoms with E-state index in [0.717, 1.165) is 0 Å². The zero-order valence-electron chi connectivity index (χ0n) is 19.3. The number of likely N-dealkylation sites (tertiary alicyclic amines) is 1. The fourth-order valence-electron chi connectivity index (χ4n) is 4.51. The van der Waals surface area contributed by atoms with Gasteiger partial charge in [-0.15, -0.1) is 0 Å². The van der Waals surface area contributed by atoms with E-state index in [9.17, 15) is 18.7 Å². The highest BCUT2D eigenvalue weighted by atomic mass is 35.5. The van der Waals surface area contributed by atoms with Gasteiger partial charge in [0.2, 0.25) is 11.6 Å². The Morgan fingerprint density at radius 3 is 2.77 bits per heavy atom. The maximum absolute atomic E-state index is 14.8. The number of β-amino-alcohol motifs (C(OH)–C–C–N with tert-alkyl or cyclic N) is 1. The molecule has 2 aliphatic rings. The van der Waals surface area contributed by atoms with Crippen LogP contribution < -0.4 is 10.6 Å². The quantitative estimate of drug-likeness (QED) is 0.489. The number of rotatable bonds is 5. The molecule has 35 heavy (non-hydrogen) atoms. The Kier molecular flexibility index (Phi) is 6.10. The molecule has 4 heterocycles. The van der Waals surface area contributed by atoms with Crippen LogP contribution in [0.15, 0.2) is 24.7 Å². The number of carbonyl (C=O) groups excluding carboxylic acids is 1. The highest BCUT2D eigenvalue weighted by molar-refractivity contribution is 6.33. The predicted molar refractivity (Wildman–Crippen MR) is 127 cm³/mol. The second-order valence-electron chi connectivity index (χ2n) is 9.39. The molecule has 0 spiro atoms. The molecule has 3 aromatic rings. The number of fused-ring (bicyclic) bond motifs is 1. The van der Waals surface area contributed by atoms with Gasteiger partial charge in [-0.2, -0.15) is 0 Å². The molecule has 5 rings (SSSR count). The Morgan fingerprint density at radius 1 is 1.34 bits per heavy atom. The number of nitrogens with one attached hydrogen (secondary N) is 2. The monoisotopic (exact) mass is 505 g/mol. The number of halogens is 3. The number of nitrogens with zero attached hydrogens (tertiary/aromatic N) is 5. The summed E-state index contributed by atoms with van der Waals surface area (Å²) >= 11 is 6.37. The van der Waals surface area contributed by atoms with E-state index in [1.54, 1.807) is 12.4 Å². The third-order valence-electron chi connectivity index (χ3n) is 6.58. The van der Waals surface area contributed by atoms with Gasteiger partial charge >= 0.3 is 0 Å². The zero-order valence-corrected chi connectivity index (χ0v) is 20.1. The molecule has 1 amide bonds. The van der Waals surface area contributed by atoms with Crippen molar-refractivity contribution in [3.8, 4) is 11.3 Å². The van der Waals surface area contributed by atoms with Crippen molar-refractivity contribution in [2.24, 2.45) is 0 Å². The number of hydrogen-bond acceptors (Lipinski definition) is 7. The van der Waals surface area contributed by atoms with Crippen LogP contribution in [0.4, 0.5) is 14.7 Å². The molecule has 2 fully saturated rings. The minimum absolute atomic E-state index is 0.00366. The molecule has 0 radical (unpaired) electrons. The first kappa shape index (κ1) is 23.8. The standard InChI is InChI=1S/C23H26ClF2N7O2/c1-12(2)33-11-29-20-15(25)5-13(6-17(20)33)19-14(24)7-28-22(31-19)30-16-3-4-32(8-18(16)34)21(35)23(26)9-27-10-23/h5-7,11-12,16,18,27,34H,3-4,8-10H2,1-2H3,(H,28,30,31)/t16-,18-/m1/s1. The Bertz CT molecular complexity index is 1280. The number of alkyl halides is 1. The number of aliphatic hydroxyl groups excluding tert-OH is 1. The summed E-state index contributed by atoms with van der Waals surface area (Å²) in [5, 5.41) is 16.7. The Balaban J connectivity index is 1.36. The average Bonchev–Trinajstić information content (AvgIpc) is 3.24. The van der Waals surface area contributed by atoms with Crippen LogP contribution in [0.1, 0.15) is 26.3 Å². The Labute approximate surface area is 205 Å². The van der Waals surface area contributed by atoms with Crippen LogP contribution in [-0.4, -0.2) is 79.4 Å². The lowest BCUT2D eigenvalue weighted by Crippen LogP contribution is -2.67. The van der Waals surface area contributed by atoms with Crippen LogP contribution in [0.5, 0.6) is 0 Å². The molecule has 186 valence electrons. The highest BCUT2D eigenvalue weighted by Crippen LogP contribution is 2.32. The Hall–Kier alpha value is -2.89. The van der Waals surface area contributed by atoms with Gasteiger partial charge in [0.1, 0.15) is 5.52 Å². The average molecular weight is 506 g/mol. The lowest BCUT2D eigenvalue weighted by Gasteiger charge is -2.42. The molecule has 12 heteroatoms. The number of amides is 1. The summed E-state index contributed by atoms with van der Waals surface area (Å²) in [6, 6.07) is 2.74. The van der Waals surface area contributed by atoms with E-state index in [4.69, 9.17) is 11.6 Å². The molecule has 0 unspecified atom stereocenters. The molecule has 0 bridgehead atoms. The smallest absolute Gasteiger partial charge is 0.263 e. The van der Waals surface area contributed by atoms with E-state index in [1.165, 1.54) is 17.2 Å². The molecule has 2 saturated heterocycles. The largest absolute Gasteiger partial charge is 0.389 e. The summed E-state index contributed by atoms with van der Waals surface area (Å²) in [7, 11) is 0. The summed E-state index contributed by atoms with van der Waals surface area (Å²) < 4.78 is 31.1. The number of aliphatic hydroxyl groups is 1. The van der Waals surface area contributed by atoms with E-state index < -0.39 is 29.5 Å². The van der Waals surface area contributed by atoms with Gasteiger partial charge in [-0.25, -0.2) is 23.7 Å². The SMILES string of the molecule is CC(C)n1cnc2c(F)cc(-c3nc(N[C@@H]4CCN(C(=O)C5(F)CNC5)C[C@H]4O)ncc3Cl)cc21. The van der Waals surface area contributed by atoms with E-state index >= 15 is 0 Å². The topological polar surface area (TPSA) is 108 Å². The molecule has 0 saturated carbocycles. The maximum atomic E-state index is 14.8. The maximum Gasteiger partial charge on any atom is 0.263 e. The predicted octanol–water partition coefficient (Wildman–Crippen LogP) is 2.55. The highest BCUT2D eigenvalue weighted by Gasteiger charge is 2.48. The van der Waals surface area contributed by atoms with Crippen molar-refractivity contribution >= 4 is 34.5 Å². The van der Waals surface area contributed by atoms with E-state index in [2.05, 4.69) is 25.6 Å². The molecule has 2 aromatic heterocycles. The van der Waals surface area contributed by atoms with Crippen molar-refractivity contribution in [2.75, 3.05) is 31.5 Å². The third-order valence-corrected chi connectivity index (χ3v) is 6.86. The van der Waals surface area contributed by atoms with E-state index in [1.807, 2.05) is 18.4 Å². The second-order valence-corrected chi connectivity index (χ2v) is 9.80. The fourth-order valence-corrected chi connectivity index (χ4v) is 4.71. The van der Waals surface area contributed by atoms with Crippen molar-refractivity contribution in [1.29, 1.82) is 0 Å². The van der Waals surface area contributed by atoms with Crippen LogP contribution in [-0.2, 0) is 4.79 Å². The number of anilines is 1. The van der Waals surface area contributed by atoms with Crippen LogP contribution in [0.25, 0.3) is 22.3 Å². The van der Waals surface area contributed by atoms with Gasteiger partial charge in [0.05, 0.1) is 40.9 Å². The molecule has 0 aliphatic carbocycles. The lowest BCUT2D eigenvalue weighted by atomic mass is 9.94. The number of benzene rings is 1. The lowest BCUT2D eigenvalue weighted by molar-refractivity contribution is -0.150. The summed E-state index contributed by atoms with van der Waals surface area (Å²) in [6.07, 6.45) is 2.45. The van der Waals surface area contributed by atoms with Gasteiger partial charge in [-0.3, -0.25) is 4.79 Å². The van der Waals surface area contributed by atoms with Crippen molar-refractivity contribution in [3.05, 3.63) is 35.5 Å². The normalized spacial score (nSPS) is 21.9. The first-order valence-electron chi connectivity index (χ1n) is 11.5. The molecule has 2 atom stereocenters. The second kappa shape index (κ2) is 8.96. The zero-order chi connectivity index (χ0) is 24.9. The Morgan fingerprint density at radius 2 is 2.11 bits per heavy atom. The molecule has 1 aromatic carbocycles. The number of hydrogen-bond donors (Lipinski definition) is 3. The number of piperidine rings is 1. The summed E-state index contributed by atoms with van der Waals surface area (Å²) in [5.74, 6) is -0.881. The van der Waals surface area contributed by atoms with Crippen LogP contribution >= 0.6 is 11.6 Å². The fraction of sp³-hybridized carbons (Fsp3) is 0.478. The summed E-state index contributed by atoms with van der Waals surface area (Å²) in [6.45, 7) is 4.24. The minimum atomic E-state index is -1.89. The van der Waals surface area contributed by atoms with Crippen LogP contribution in [0.2, 0.25) is 5.02 Å². The van der Waals surface area contributed by atoms with Crippen LogP contribution in [0, 0.1) is 5.82 Å². The van der Waals surface area contributed by atoms with Gasteiger partial charge in [0.25, 0.3) is 5.91 Å². The number of imidazole rings is 1. The summed E-state index contributed by atoms with van der Waals surface area (Å²) in [5.41, 5.74) is -0.200. The van der Waals surface area contributed by atoms with Gasteiger partial charge in [-0.05, 0) is 32.4 Å². The van der Waals surface area contributed by atoms with Gasteiger partial charge < -0.3 is 25.2 Å². The van der Waals surface area contributed by atoms with Crippen molar-refractivity contribution < 1.29 is 18.7 Å². The van der Waals surface area contributed by atoms with Gasteiger partial charge in [-0.1, -0.05) is 11.6 Å². The van der Waals surface area contributed by atoms with Crippen molar-refractivity contribution in [1.82, 2.24) is 29.7 Å². The van der Waals surface area contributed by atoms with Crippen LogP contribution in [0.3, 0.4) is 0 Å². The third kappa shape index (κ3) is 4.32. The first-order valence-corrected chi connectivity index (χ1v) is 11.9. The molecular weight excluding hydrogens is 480 g/mol. The summed E-state index contributed by atoms with van der Waals surface area (Å²) in [4.78, 5) is 26.6. The molecular formula is C23H26ClF2N7O2. The van der Waals surface area contributed by atoms with E-state index in [0.29, 0.717) is 29.7 Å². The molecule has 2 aliphatic heterocycles. The first-order chi connectivity index (χ1) is 16.7. The van der Waals surface area contributed by atoms with Crippen molar-refractivity contribution in [2.45, 2.75) is 44.1 Å². The van der Waals surface area contributed by atoms with E-state index in [-0.39, 0.29) is 42.2 Å². The number of carbonyl (C=O) groups is 1. The molecule has 3 N–H and O–H groups in total. The van der Waals surface area contributed by atoms with Crippen molar-refractivity contribution in [3.63, 3.8) is 0 Å². The minimum Gasteiger partial charge on any atom is -0.389 e. The number of aromatic nitrogens is 4. The van der Waals surface area contributed by atoms with Gasteiger partial charge in [0.15, 0.2) is 5.82 Å². The molecule has 9 nitrogen and oxygen atoms in total.